The molecular weight excluding hydrogens is 732 g/mol. The van der Waals surface area contributed by atoms with Crippen molar-refractivity contribution in [2.75, 3.05) is 0 Å². The monoisotopic (exact) mass is 772 g/mol. The van der Waals surface area contributed by atoms with Gasteiger partial charge in [-0.2, -0.15) is 0 Å². The Labute approximate surface area is 315 Å². The van der Waals surface area contributed by atoms with E-state index in [1.807, 2.05) is 0 Å². The molecule has 0 saturated heterocycles. The summed E-state index contributed by atoms with van der Waals surface area (Å²) < 4.78 is 3.60. The molecule has 0 amide bonds. The normalized spacial score (nSPS) is 15.3. The number of aryl methyl sites for hydroxylation is 2. The summed E-state index contributed by atoms with van der Waals surface area (Å²) in [5, 5.41) is 5.23. The fourth-order valence-corrected chi connectivity index (χ4v) is 36.5. The van der Waals surface area contributed by atoms with Gasteiger partial charge in [0.2, 0.25) is 0 Å². The Balaban J connectivity index is 1.34. The van der Waals surface area contributed by atoms with Gasteiger partial charge in [-0.05, 0) is 0 Å². The molecule has 0 bridgehead atoms. The molecule has 8 aromatic rings. The molecule has 0 aliphatic heterocycles. The van der Waals surface area contributed by atoms with Gasteiger partial charge < -0.3 is 0 Å². The maximum absolute atomic E-state index is 4.78. The first kappa shape index (κ1) is 32.7. The van der Waals surface area contributed by atoms with E-state index >= 15 is 0 Å². The van der Waals surface area contributed by atoms with Crippen LogP contribution in [0.5, 0.6) is 0 Å². The number of allylic oxidation sites excluding steroid dienone is 2. The zero-order valence-corrected chi connectivity index (χ0v) is 34.5. The van der Waals surface area contributed by atoms with E-state index in [4.69, 9.17) is 0 Å². The maximum atomic E-state index is 2.72. The SMILES string of the molecule is CC1=C[CH]([Zr](=[SiH2])([c]2ccccc2)([c]2ccccc2)[CH]2c3cc(C)ccc3-c3ccc(C)cc32)c2cccc(-c3cc4ccccc4c4ccccc34)c21. The van der Waals surface area contributed by atoms with Crippen LogP contribution in [-0.2, 0) is 17.4 Å². The van der Waals surface area contributed by atoms with Gasteiger partial charge in [0.1, 0.15) is 0 Å². The third-order valence-electron chi connectivity index (χ3n) is 12.9. The number of fused-ring (bicyclic) bond motifs is 7. The molecule has 10 rings (SSSR count). The number of hydrogen-bond donors (Lipinski definition) is 0. The molecule has 0 nitrogen and oxygen atoms in total. The van der Waals surface area contributed by atoms with Crippen molar-refractivity contribution < 1.29 is 17.4 Å². The molecule has 0 saturated carbocycles. The van der Waals surface area contributed by atoms with Crippen LogP contribution in [0.25, 0.3) is 49.4 Å². The number of benzene rings is 8. The van der Waals surface area contributed by atoms with E-state index in [-0.39, 0.29) is 7.25 Å². The summed E-state index contributed by atoms with van der Waals surface area (Å²) in [6.45, 7) is 9.38. The Hall–Kier alpha value is -4.88. The van der Waals surface area contributed by atoms with Gasteiger partial charge in [-0.15, -0.1) is 0 Å². The average molecular weight is 774 g/mol. The second-order valence-electron chi connectivity index (χ2n) is 15.8. The van der Waals surface area contributed by atoms with Gasteiger partial charge >= 0.3 is 318 Å². The molecule has 1 atom stereocenters. The van der Waals surface area contributed by atoms with Crippen LogP contribution in [0.4, 0.5) is 0 Å². The predicted molar refractivity (Wildman–Crippen MR) is 227 cm³/mol. The summed E-state index contributed by atoms with van der Waals surface area (Å²) in [4.78, 5) is 0. The predicted octanol–water partition coefficient (Wildman–Crippen LogP) is 11.4. The first-order chi connectivity index (χ1) is 25.9. The fourth-order valence-electron chi connectivity index (χ4n) is 10.7. The Bertz CT molecular complexity index is 2790. The van der Waals surface area contributed by atoms with Crippen molar-refractivity contribution in [3.8, 4) is 22.3 Å². The fraction of sp³-hybridized carbons (Fsp3) is 0.0980. The van der Waals surface area contributed by atoms with Gasteiger partial charge in [-0.1, -0.05) is 0 Å². The van der Waals surface area contributed by atoms with Crippen molar-refractivity contribution >= 4 is 40.5 Å². The Morgan fingerprint density at radius 3 is 1.60 bits per heavy atom. The molecule has 0 heterocycles. The first-order valence-corrected chi connectivity index (χ1v) is 30.2. The van der Waals surface area contributed by atoms with Crippen LogP contribution in [0.2, 0.25) is 0 Å². The molecular formula is C51H42SiZr. The molecule has 53 heavy (non-hydrogen) atoms. The zero-order chi connectivity index (χ0) is 35.9. The zero-order valence-electron chi connectivity index (χ0n) is 30.6. The summed E-state index contributed by atoms with van der Waals surface area (Å²) in [5.74, 6) is 0. The number of rotatable bonds is 5. The molecule has 0 spiro atoms. The Kier molecular flexibility index (Phi) is 7.46. The van der Waals surface area contributed by atoms with Gasteiger partial charge in [0.05, 0.1) is 0 Å². The molecule has 2 aliphatic carbocycles. The van der Waals surface area contributed by atoms with Crippen LogP contribution in [0.3, 0.4) is 0 Å². The topological polar surface area (TPSA) is 0 Å². The standard InChI is InChI=1S/C24H17.C15H13.2C6H5.H2Si.Zr/c1-16-13-14-17-8-6-12-22(24(16)17)23-15-18-7-2-3-9-19(18)20-10-4-5-11-21(20)23;1-10-3-5-14-12(7-10)9-13-8-11(2)4-6-15(13)14;2*1-2-4-6-5-3-1;;/h2-15H,1H3;3-9H,1-2H3;2*1-5H;1H2;. The van der Waals surface area contributed by atoms with Gasteiger partial charge in [-0.3, -0.25) is 0 Å². The van der Waals surface area contributed by atoms with Crippen molar-refractivity contribution in [1.82, 2.24) is 0 Å². The second kappa shape index (κ2) is 12.1. The van der Waals surface area contributed by atoms with Crippen molar-refractivity contribution in [3.63, 3.8) is 0 Å². The number of hydrogen-bond acceptors (Lipinski definition) is 0. The molecule has 8 aromatic carbocycles. The minimum absolute atomic E-state index is 0.242. The first-order valence-electron chi connectivity index (χ1n) is 18.9. The molecule has 2 heteroatoms. The molecule has 0 aromatic heterocycles. The van der Waals surface area contributed by atoms with Gasteiger partial charge in [0, 0.05) is 0 Å². The molecule has 0 radical (unpaired) electrons. The summed E-state index contributed by atoms with van der Waals surface area (Å²) in [7, 11) is 0. The Morgan fingerprint density at radius 1 is 0.434 bits per heavy atom. The van der Waals surface area contributed by atoms with Crippen molar-refractivity contribution in [1.29, 1.82) is 0 Å². The quantitative estimate of drug-likeness (QED) is 0.121. The summed E-state index contributed by atoms with van der Waals surface area (Å²) >= 11 is -4.78. The molecule has 254 valence electrons. The molecule has 0 N–H and O–H groups in total. The Morgan fingerprint density at radius 2 is 0.981 bits per heavy atom. The van der Waals surface area contributed by atoms with E-state index in [0.29, 0.717) is 0 Å². The minimum atomic E-state index is -4.78. The van der Waals surface area contributed by atoms with E-state index in [1.54, 1.807) is 6.54 Å². The van der Waals surface area contributed by atoms with Crippen molar-refractivity contribution in [3.05, 3.63) is 209 Å². The van der Waals surface area contributed by atoms with Crippen LogP contribution in [0.15, 0.2) is 176 Å². The van der Waals surface area contributed by atoms with Crippen LogP contribution in [0.1, 0.15) is 47.6 Å². The molecule has 0 fully saturated rings. The van der Waals surface area contributed by atoms with Gasteiger partial charge in [0.25, 0.3) is 0 Å². The van der Waals surface area contributed by atoms with E-state index in [1.165, 1.54) is 82.8 Å². The summed E-state index contributed by atoms with van der Waals surface area (Å²) in [6, 6.07) is 65.6. The third kappa shape index (κ3) is 4.56. The van der Waals surface area contributed by atoms with Gasteiger partial charge in [0.15, 0.2) is 0 Å². The van der Waals surface area contributed by atoms with Crippen molar-refractivity contribution in [2.24, 2.45) is 0 Å². The van der Waals surface area contributed by atoms with Crippen molar-refractivity contribution in [2.45, 2.75) is 28.0 Å². The van der Waals surface area contributed by atoms with Crippen LogP contribution < -0.4 is 6.54 Å². The second-order valence-corrected chi connectivity index (χ2v) is 38.6. The molecule has 2 aliphatic rings. The van der Waals surface area contributed by atoms with Gasteiger partial charge in [-0.25, -0.2) is 0 Å². The molecule has 1 unspecified atom stereocenters. The van der Waals surface area contributed by atoms with Crippen LogP contribution in [-0.4, -0.2) is 6.88 Å². The van der Waals surface area contributed by atoms with E-state index in [2.05, 4.69) is 204 Å². The third-order valence-corrected chi connectivity index (χ3v) is 40.5. The van der Waals surface area contributed by atoms with Crippen LogP contribution in [0, 0.1) is 13.8 Å². The summed E-state index contributed by atoms with van der Waals surface area (Å²) in [6.07, 6.45) is 2.72. The van der Waals surface area contributed by atoms with E-state index in [0.717, 1.165) is 0 Å². The van der Waals surface area contributed by atoms with E-state index < -0.39 is 17.4 Å². The van der Waals surface area contributed by atoms with Crippen LogP contribution >= 0.6 is 0 Å². The summed E-state index contributed by atoms with van der Waals surface area (Å²) in [5.41, 5.74) is 15.5. The average Bonchev–Trinajstić information content (AvgIpc) is 3.72. The van der Waals surface area contributed by atoms with E-state index in [9.17, 15) is 0 Å².